The van der Waals surface area contributed by atoms with Crippen LogP contribution in [0.2, 0.25) is 0 Å². The highest BCUT2D eigenvalue weighted by Crippen LogP contribution is 2.23. The van der Waals surface area contributed by atoms with Gasteiger partial charge in [-0.1, -0.05) is 0 Å². The van der Waals surface area contributed by atoms with Gasteiger partial charge in [-0.3, -0.25) is 4.68 Å². The van der Waals surface area contributed by atoms with Crippen LogP contribution < -0.4 is 10.0 Å². The SMILES string of the molecule is Cn1nc(OCC(=O)O)cc1-c1ccc(F)cc1P. The third kappa shape index (κ3) is 3.09. The lowest BCUT2D eigenvalue weighted by Crippen LogP contribution is -2.09. The molecule has 5 nitrogen and oxygen atoms in total. The van der Waals surface area contributed by atoms with E-state index in [1.54, 1.807) is 23.9 Å². The van der Waals surface area contributed by atoms with E-state index in [1.165, 1.54) is 12.1 Å². The molecule has 0 bridgehead atoms. The van der Waals surface area contributed by atoms with Gasteiger partial charge in [-0.05, 0) is 23.5 Å². The van der Waals surface area contributed by atoms with Crippen LogP contribution in [0, 0.1) is 5.82 Å². The number of benzene rings is 1. The van der Waals surface area contributed by atoms with Crippen molar-refractivity contribution in [1.29, 1.82) is 0 Å². The number of carbonyl (C=O) groups is 1. The highest BCUT2D eigenvalue weighted by Gasteiger charge is 2.12. The maximum atomic E-state index is 13.1. The number of halogens is 1. The van der Waals surface area contributed by atoms with Gasteiger partial charge in [0.15, 0.2) is 6.61 Å². The summed E-state index contributed by atoms with van der Waals surface area (Å²) in [5.74, 6) is -1.17. The summed E-state index contributed by atoms with van der Waals surface area (Å²) >= 11 is 0. The maximum Gasteiger partial charge on any atom is 0.341 e. The van der Waals surface area contributed by atoms with Crippen molar-refractivity contribution >= 4 is 20.5 Å². The molecule has 0 aliphatic rings. The van der Waals surface area contributed by atoms with E-state index in [9.17, 15) is 9.18 Å². The van der Waals surface area contributed by atoms with Gasteiger partial charge in [-0.15, -0.1) is 14.3 Å². The summed E-state index contributed by atoms with van der Waals surface area (Å²) in [6.45, 7) is -0.451. The number of aliphatic carboxylic acids is 1. The van der Waals surface area contributed by atoms with Crippen LogP contribution in [-0.2, 0) is 11.8 Å². The molecule has 0 saturated heterocycles. The van der Waals surface area contributed by atoms with Crippen LogP contribution in [0.4, 0.5) is 4.39 Å². The second kappa shape index (κ2) is 5.36. The van der Waals surface area contributed by atoms with Gasteiger partial charge in [-0.2, -0.15) is 0 Å². The van der Waals surface area contributed by atoms with E-state index in [0.717, 1.165) is 5.56 Å². The first-order valence-electron chi connectivity index (χ1n) is 5.41. The lowest BCUT2D eigenvalue weighted by atomic mass is 10.1. The molecule has 1 unspecified atom stereocenters. The van der Waals surface area contributed by atoms with Crippen LogP contribution in [0.25, 0.3) is 11.3 Å². The van der Waals surface area contributed by atoms with E-state index in [0.29, 0.717) is 11.0 Å². The van der Waals surface area contributed by atoms with Crippen LogP contribution in [0.5, 0.6) is 5.88 Å². The molecule has 0 spiro atoms. The number of carboxylic acids is 1. The molecular weight excluding hydrogens is 270 g/mol. The monoisotopic (exact) mass is 282 g/mol. The smallest absolute Gasteiger partial charge is 0.341 e. The van der Waals surface area contributed by atoms with Gasteiger partial charge >= 0.3 is 5.97 Å². The van der Waals surface area contributed by atoms with Crippen molar-refractivity contribution in [2.75, 3.05) is 6.61 Å². The summed E-state index contributed by atoms with van der Waals surface area (Å²) in [5, 5.41) is 13.3. The van der Waals surface area contributed by atoms with Gasteiger partial charge in [-0.25, -0.2) is 9.18 Å². The van der Waals surface area contributed by atoms with Crippen molar-refractivity contribution in [3.8, 4) is 17.1 Å². The van der Waals surface area contributed by atoms with Gasteiger partial charge in [0.25, 0.3) is 0 Å². The molecule has 100 valence electrons. The number of carboxylic acid groups (broad SMARTS) is 1. The average Bonchev–Trinajstić information content (AvgIpc) is 2.68. The molecule has 2 rings (SSSR count). The van der Waals surface area contributed by atoms with Gasteiger partial charge in [0.1, 0.15) is 5.82 Å². The zero-order chi connectivity index (χ0) is 14.0. The average molecular weight is 282 g/mol. The molecule has 1 heterocycles. The molecule has 0 fully saturated rings. The number of aromatic nitrogens is 2. The number of nitrogens with zero attached hydrogens (tertiary/aromatic N) is 2. The number of hydrogen-bond acceptors (Lipinski definition) is 3. The standard InChI is InChI=1S/C12H12FN2O3P/c1-15-9(5-11(14-15)18-6-12(16)17)8-3-2-7(13)4-10(8)19/h2-5H,6,19H2,1H3,(H,16,17). The molecule has 1 N–H and O–H groups in total. The third-order valence-electron chi connectivity index (χ3n) is 2.49. The van der Waals surface area contributed by atoms with Crippen LogP contribution >= 0.6 is 9.24 Å². The lowest BCUT2D eigenvalue weighted by Gasteiger charge is -2.05. The molecule has 0 radical (unpaired) electrons. The van der Waals surface area contributed by atoms with Gasteiger partial charge in [0, 0.05) is 18.7 Å². The van der Waals surface area contributed by atoms with Crippen molar-refractivity contribution in [2.24, 2.45) is 7.05 Å². The molecule has 0 aliphatic carbocycles. The molecule has 1 aromatic carbocycles. The van der Waals surface area contributed by atoms with Gasteiger partial charge < -0.3 is 9.84 Å². The largest absolute Gasteiger partial charge is 0.479 e. The number of rotatable bonds is 4. The first kappa shape index (κ1) is 13.5. The van der Waals surface area contributed by atoms with Crippen molar-refractivity contribution < 1.29 is 19.0 Å². The highest BCUT2D eigenvalue weighted by atomic mass is 31.0. The van der Waals surface area contributed by atoms with Crippen LogP contribution in [0.15, 0.2) is 24.3 Å². The van der Waals surface area contributed by atoms with Crippen molar-refractivity contribution in [2.45, 2.75) is 0 Å². The van der Waals surface area contributed by atoms with Crippen LogP contribution in [0.3, 0.4) is 0 Å². The fourth-order valence-corrected chi connectivity index (χ4v) is 2.07. The van der Waals surface area contributed by atoms with E-state index < -0.39 is 12.6 Å². The summed E-state index contributed by atoms with van der Waals surface area (Å²) in [4.78, 5) is 10.4. The topological polar surface area (TPSA) is 64.4 Å². The molecular formula is C12H12FN2O3P. The second-order valence-corrected chi connectivity index (χ2v) is 4.53. The summed E-state index contributed by atoms with van der Waals surface area (Å²) < 4.78 is 19.6. The molecule has 7 heteroatoms. The first-order chi connectivity index (χ1) is 8.97. The van der Waals surface area contributed by atoms with Crippen molar-refractivity contribution in [3.63, 3.8) is 0 Å². The van der Waals surface area contributed by atoms with Crippen LogP contribution in [0.1, 0.15) is 0 Å². The summed E-state index contributed by atoms with van der Waals surface area (Å²) in [7, 11) is 4.16. The Bertz CT molecular complexity index is 627. The Kier molecular flexibility index (Phi) is 3.81. The molecule has 0 aliphatic heterocycles. The first-order valence-corrected chi connectivity index (χ1v) is 5.99. The molecule has 1 atom stereocenters. The Morgan fingerprint density at radius 3 is 2.89 bits per heavy atom. The zero-order valence-corrected chi connectivity index (χ0v) is 11.3. The van der Waals surface area contributed by atoms with E-state index in [2.05, 4.69) is 14.3 Å². The van der Waals surface area contributed by atoms with Gasteiger partial charge in [0.2, 0.25) is 5.88 Å². The number of hydrogen-bond donors (Lipinski definition) is 1. The van der Waals surface area contributed by atoms with Crippen LogP contribution in [-0.4, -0.2) is 27.5 Å². The molecule has 1 aromatic heterocycles. The van der Waals surface area contributed by atoms with Crippen molar-refractivity contribution in [1.82, 2.24) is 9.78 Å². The zero-order valence-electron chi connectivity index (χ0n) is 10.1. The number of aryl methyl sites for hydroxylation is 1. The molecule has 0 saturated carbocycles. The lowest BCUT2D eigenvalue weighted by molar-refractivity contribution is -0.139. The summed E-state index contributed by atoms with van der Waals surface area (Å²) in [6.07, 6.45) is 0. The van der Waals surface area contributed by atoms with E-state index in [4.69, 9.17) is 9.84 Å². The predicted molar refractivity (Wildman–Crippen MR) is 71.1 cm³/mol. The van der Waals surface area contributed by atoms with E-state index in [1.807, 2.05) is 0 Å². The van der Waals surface area contributed by atoms with Gasteiger partial charge in [0.05, 0.1) is 5.69 Å². The minimum Gasteiger partial charge on any atom is -0.479 e. The second-order valence-electron chi connectivity index (χ2n) is 3.91. The Labute approximate surface area is 111 Å². The quantitative estimate of drug-likeness (QED) is 0.856. The Morgan fingerprint density at radius 2 is 2.26 bits per heavy atom. The number of ether oxygens (including phenoxy) is 1. The van der Waals surface area contributed by atoms with Crippen molar-refractivity contribution in [3.05, 3.63) is 30.1 Å². The normalized spacial score (nSPS) is 10.5. The fraction of sp³-hybridized carbons (Fsp3) is 0.167. The molecule has 19 heavy (non-hydrogen) atoms. The van der Waals surface area contributed by atoms with E-state index >= 15 is 0 Å². The Morgan fingerprint density at radius 1 is 1.53 bits per heavy atom. The van der Waals surface area contributed by atoms with E-state index in [-0.39, 0.29) is 11.7 Å². The highest BCUT2D eigenvalue weighted by molar-refractivity contribution is 7.28. The predicted octanol–water partition coefficient (Wildman–Crippen LogP) is 1.19. The Balaban J connectivity index is 2.32. The third-order valence-corrected chi connectivity index (χ3v) is 2.97. The Hall–Kier alpha value is -1.94. The fourth-order valence-electron chi connectivity index (χ4n) is 1.67. The minimum absolute atomic E-state index is 0.216. The molecule has 2 aromatic rings. The summed E-state index contributed by atoms with van der Waals surface area (Å²) in [6, 6.07) is 6.00. The summed E-state index contributed by atoms with van der Waals surface area (Å²) in [5.41, 5.74) is 1.50. The maximum absolute atomic E-state index is 13.1. The minimum atomic E-state index is -1.07. The molecule has 0 amide bonds.